The van der Waals surface area contributed by atoms with Gasteiger partial charge in [-0.15, -0.1) is 0 Å². The van der Waals surface area contributed by atoms with Crippen LogP contribution in [0.5, 0.6) is 0 Å². The molecule has 0 aliphatic carbocycles. The minimum atomic E-state index is -0.598. The molecular weight excluding hydrogens is 320 g/mol. The second-order valence-electron chi connectivity index (χ2n) is 7.38. The van der Waals surface area contributed by atoms with Crippen LogP contribution in [-0.2, 0) is 13.6 Å². The number of anilines is 1. The zero-order chi connectivity index (χ0) is 18.6. The van der Waals surface area contributed by atoms with Gasteiger partial charge in [0.15, 0.2) is 5.78 Å². The van der Waals surface area contributed by atoms with E-state index in [1.54, 1.807) is 0 Å². The van der Waals surface area contributed by atoms with E-state index in [1.165, 1.54) is 30.9 Å². The molecule has 0 bridgehead atoms. The Morgan fingerprint density at radius 2 is 1.64 bits per heavy atom. The summed E-state index contributed by atoms with van der Waals surface area (Å²) in [6, 6.07) is 0. The number of carbonyl (C=O) groups is 1. The Bertz CT molecular complexity index is 725. The first-order chi connectivity index (χ1) is 11.8. The van der Waals surface area contributed by atoms with E-state index in [0.29, 0.717) is 6.54 Å². The van der Waals surface area contributed by atoms with Crippen LogP contribution in [0.3, 0.4) is 0 Å². The van der Waals surface area contributed by atoms with Gasteiger partial charge in [0.25, 0.3) is 5.56 Å². The summed E-state index contributed by atoms with van der Waals surface area (Å²) < 4.78 is 2.33. The van der Waals surface area contributed by atoms with Crippen molar-refractivity contribution < 1.29 is 4.79 Å². The summed E-state index contributed by atoms with van der Waals surface area (Å²) in [4.78, 5) is 39.7. The van der Waals surface area contributed by atoms with E-state index in [-0.39, 0.29) is 29.6 Å². The number of Topliss-reactive ketones (excluding diaryl/α,β-unsaturated/α-hetero) is 1. The van der Waals surface area contributed by atoms with Crippen LogP contribution in [0.4, 0.5) is 5.82 Å². The van der Waals surface area contributed by atoms with Gasteiger partial charge in [0.2, 0.25) is 0 Å². The van der Waals surface area contributed by atoms with Crippen LogP contribution in [-0.4, -0.2) is 39.5 Å². The number of nitrogen functional groups attached to an aromatic ring is 1. The number of hydrogen-bond donors (Lipinski definition) is 1. The third kappa shape index (κ3) is 4.60. The fraction of sp³-hybridized carbons (Fsp3) is 0.722. The number of ketones is 1. The van der Waals surface area contributed by atoms with Crippen molar-refractivity contribution in [2.24, 2.45) is 13.0 Å². The number of aromatic nitrogens is 2. The molecule has 2 heterocycles. The number of likely N-dealkylation sites (tertiary alicyclic amines) is 1. The van der Waals surface area contributed by atoms with Gasteiger partial charge in [0, 0.05) is 13.6 Å². The summed E-state index contributed by atoms with van der Waals surface area (Å²) in [5.74, 6) is -0.121. The monoisotopic (exact) mass is 350 g/mol. The fourth-order valence-corrected chi connectivity index (χ4v) is 3.34. The van der Waals surface area contributed by atoms with Crippen molar-refractivity contribution in [3.63, 3.8) is 0 Å². The van der Waals surface area contributed by atoms with Crippen molar-refractivity contribution in [1.82, 2.24) is 14.0 Å². The molecular formula is C18H30N4O3. The lowest BCUT2D eigenvalue weighted by Crippen LogP contribution is -2.44. The maximum atomic E-state index is 12.8. The zero-order valence-electron chi connectivity index (χ0n) is 15.6. The summed E-state index contributed by atoms with van der Waals surface area (Å²) >= 11 is 0. The first-order valence-electron chi connectivity index (χ1n) is 9.17. The van der Waals surface area contributed by atoms with E-state index in [0.717, 1.165) is 30.5 Å². The smallest absolute Gasteiger partial charge is 0.332 e. The first kappa shape index (κ1) is 19.4. The number of carbonyl (C=O) groups excluding carboxylic acids is 1. The Hall–Kier alpha value is -1.89. The van der Waals surface area contributed by atoms with E-state index >= 15 is 0 Å². The van der Waals surface area contributed by atoms with Gasteiger partial charge in [0.05, 0.1) is 6.54 Å². The lowest BCUT2D eigenvalue weighted by molar-refractivity contribution is 0.0922. The number of rotatable bonds is 5. The van der Waals surface area contributed by atoms with E-state index in [9.17, 15) is 14.4 Å². The predicted octanol–water partition coefficient (Wildman–Crippen LogP) is 1.23. The summed E-state index contributed by atoms with van der Waals surface area (Å²) in [5, 5.41) is 0. The fourth-order valence-electron chi connectivity index (χ4n) is 3.34. The highest BCUT2D eigenvalue weighted by atomic mass is 16.2. The number of hydrogen-bond acceptors (Lipinski definition) is 5. The topological polar surface area (TPSA) is 90.3 Å². The van der Waals surface area contributed by atoms with Gasteiger partial charge in [0.1, 0.15) is 11.4 Å². The van der Waals surface area contributed by atoms with Crippen molar-refractivity contribution in [1.29, 1.82) is 0 Å². The minimum absolute atomic E-state index is 0.00107. The number of nitrogens with two attached hydrogens (primary N) is 1. The second-order valence-corrected chi connectivity index (χ2v) is 7.38. The summed E-state index contributed by atoms with van der Waals surface area (Å²) in [6.45, 7) is 6.19. The predicted molar refractivity (Wildman–Crippen MR) is 99.0 cm³/mol. The van der Waals surface area contributed by atoms with Crippen molar-refractivity contribution >= 4 is 11.6 Å². The molecule has 2 N–H and O–H groups in total. The molecule has 0 unspecified atom stereocenters. The van der Waals surface area contributed by atoms with Crippen LogP contribution in [0.25, 0.3) is 0 Å². The summed E-state index contributed by atoms with van der Waals surface area (Å²) in [6.07, 6.45) is 5.72. The molecule has 2 rings (SSSR count). The minimum Gasteiger partial charge on any atom is -0.384 e. The Labute approximate surface area is 148 Å². The van der Waals surface area contributed by atoms with Crippen LogP contribution < -0.4 is 17.0 Å². The maximum absolute atomic E-state index is 12.8. The van der Waals surface area contributed by atoms with Gasteiger partial charge < -0.3 is 5.73 Å². The normalized spacial score (nSPS) is 16.6. The SMILES string of the molecule is CC(C)Cn1c(N)c(C(=O)CN2CCCCCCC2)c(=O)n(C)c1=O. The highest BCUT2D eigenvalue weighted by molar-refractivity contribution is 6.01. The molecule has 1 saturated heterocycles. The Morgan fingerprint density at radius 3 is 2.20 bits per heavy atom. The third-order valence-corrected chi connectivity index (χ3v) is 4.73. The molecule has 25 heavy (non-hydrogen) atoms. The van der Waals surface area contributed by atoms with E-state index in [4.69, 9.17) is 5.73 Å². The van der Waals surface area contributed by atoms with Gasteiger partial charge in [-0.3, -0.25) is 23.6 Å². The molecule has 0 radical (unpaired) electrons. The quantitative estimate of drug-likeness (QED) is 0.807. The molecule has 1 fully saturated rings. The maximum Gasteiger partial charge on any atom is 0.332 e. The van der Waals surface area contributed by atoms with Gasteiger partial charge in [-0.2, -0.15) is 0 Å². The van der Waals surface area contributed by atoms with Crippen molar-refractivity contribution in [3.8, 4) is 0 Å². The largest absolute Gasteiger partial charge is 0.384 e. The molecule has 1 aliphatic rings. The molecule has 7 nitrogen and oxygen atoms in total. The molecule has 140 valence electrons. The average Bonchev–Trinajstić information content (AvgIpc) is 2.52. The van der Waals surface area contributed by atoms with Crippen LogP contribution in [0.1, 0.15) is 56.3 Å². The van der Waals surface area contributed by atoms with Gasteiger partial charge in [-0.25, -0.2) is 4.79 Å². The molecule has 0 atom stereocenters. The van der Waals surface area contributed by atoms with E-state index in [2.05, 4.69) is 4.90 Å². The van der Waals surface area contributed by atoms with Crippen LogP contribution in [0, 0.1) is 5.92 Å². The molecule has 0 spiro atoms. The van der Waals surface area contributed by atoms with Crippen LogP contribution >= 0.6 is 0 Å². The van der Waals surface area contributed by atoms with Crippen molar-refractivity contribution in [2.75, 3.05) is 25.4 Å². The zero-order valence-corrected chi connectivity index (χ0v) is 15.6. The Balaban J connectivity index is 2.33. The molecule has 1 aromatic heterocycles. The van der Waals surface area contributed by atoms with E-state index < -0.39 is 11.2 Å². The molecule has 0 saturated carbocycles. The molecule has 1 aliphatic heterocycles. The summed E-state index contributed by atoms with van der Waals surface area (Å²) in [5.41, 5.74) is 4.95. The van der Waals surface area contributed by atoms with Crippen molar-refractivity contribution in [3.05, 3.63) is 26.4 Å². The molecule has 1 aromatic rings. The highest BCUT2D eigenvalue weighted by Gasteiger charge is 2.23. The van der Waals surface area contributed by atoms with Crippen molar-refractivity contribution in [2.45, 2.75) is 52.5 Å². The average molecular weight is 350 g/mol. The number of nitrogens with zero attached hydrogens (tertiary/aromatic N) is 3. The lowest BCUT2D eigenvalue weighted by atomic mass is 10.1. The standard InChI is InChI=1S/C18H30N4O3/c1-13(2)11-22-16(19)15(17(24)20(3)18(22)25)14(23)12-21-9-7-5-4-6-8-10-21/h13H,4-12,19H2,1-3H3. The second kappa shape index (κ2) is 8.47. The van der Waals surface area contributed by atoms with Gasteiger partial charge >= 0.3 is 5.69 Å². The molecule has 0 amide bonds. The lowest BCUT2D eigenvalue weighted by Gasteiger charge is -2.24. The Kier molecular flexibility index (Phi) is 6.58. The van der Waals surface area contributed by atoms with Gasteiger partial charge in [-0.05, 0) is 31.8 Å². The summed E-state index contributed by atoms with van der Waals surface area (Å²) in [7, 11) is 1.40. The Morgan fingerprint density at radius 1 is 1.08 bits per heavy atom. The third-order valence-electron chi connectivity index (χ3n) is 4.73. The molecule has 7 heteroatoms. The van der Waals surface area contributed by atoms with Gasteiger partial charge in [-0.1, -0.05) is 33.1 Å². The first-order valence-corrected chi connectivity index (χ1v) is 9.17. The van der Waals surface area contributed by atoms with E-state index in [1.807, 2.05) is 13.8 Å². The van der Waals surface area contributed by atoms with Crippen LogP contribution in [0.15, 0.2) is 9.59 Å². The highest BCUT2D eigenvalue weighted by Crippen LogP contribution is 2.13. The molecule has 0 aromatic carbocycles. The van der Waals surface area contributed by atoms with Crippen LogP contribution in [0.2, 0.25) is 0 Å².